The van der Waals surface area contributed by atoms with Crippen molar-refractivity contribution in [3.05, 3.63) is 35.9 Å². The first-order valence-corrected chi connectivity index (χ1v) is 9.53. The molecule has 3 nitrogen and oxygen atoms in total. The van der Waals surface area contributed by atoms with E-state index in [1.54, 1.807) is 0 Å². The fourth-order valence-electron chi connectivity index (χ4n) is 4.96. The molecule has 1 aromatic carbocycles. The summed E-state index contributed by atoms with van der Waals surface area (Å²) in [6, 6.07) is 11.8. The van der Waals surface area contributed by atoms with Crippen LogP contribution in [0, 0.1) is 17.3 Å². The van der Waals surface area contributed by atoms with Crippen LogP contribution in [0.1, 0.15) is 30.7 Å². The molecule has 1 aromatic rings. The van der Waals surface area contributed by atoms with Crippen molar-refractivity contribution in [3.63, 3.8) is 0 Å². The topological polar surface area (TPSA) is 27.3 Å². The second-order valence-electron chi connectivity index (χ2n) is 8.61. The molecular formula is C20H29N3. The molecule has 5 rings (SSSR count). The van der Waals surface area contributed by atoms with Gasteiger partial charge in [0.25, 0.3) is 0 Å². The third-order valence-electron chi connectivity index (χ3n) is 6.74. The smallest absolute Gasteiger partial charge is 0.0143 e. The SMILES string of the molecule is c1ccc(C2C[C@@H]2NCC2(CN3CC4CNCC4C3)CC2)cc1. The zero-order chi connectivity index (χ0) is 15.3. The van der Waals surface area contributed by atoms with Gasteiger partial charge in [0.1, 0.15) is 0 Å². The van der Waals surface area contributed by atoms with Crippen LogP contribution in [0.5, 0.6) is 0 Å². The summed E-state index contributed by atoms with van der Waals surface area (Å²) in [5.41, 5.74) is 2.13. The number of rotatable bonds is 6. The molecule has 0 bridgehead atoms. The Morgan fingerprint density at radius 3 is 2.52 bits per heavy atom. The Bertz CT molecular complexity index is 541. The summed E-state index contributed by atoms with van der Waals surface area (Å²) in [6.45, 7) is 7.78. The number of benzene rings is 1. The first-order chi connectivity index (χ1) is 11.3. The minimum Gasteiger partial charge on any atom is -0.316 e. The molecule has 2 saturated heterocycles. The molecule has 2 N–H and O–H groups in total. The van der Waals surface area contributed by atoms with Gasteiger partial charge in [0, 0.05) is 38.1 Å². The van der Waals surface area contributed by atoms with Crippen LogP contribution in [0.4, 0.5) is 0 Å². The van der Waals surface area contributed by atoms with Gasteiger partial charge in [0.15, 0.2) is 0 Å². The van der Waals surface area contributed by atoms with Crippen molar-refractivity contribution < 1.29 is 0 Å². The van der Waals surface area contributed by atoms with Crippen LogP contribution in [0.3, 0.4) is 0 Å². The fourth-order valence-corrected chi connectivity index (χ4v) is 4.96. The predicted molar refractivity (Wildman–Crippen MR) is 93.5 cm³/mol. The second-order valence-corrected chi connectivity index (χ2v) is 8.61. The molecular weight excluding hydrogens is 282 g/mol. The molecule has 0 amide bonds. The van der Waals surface area contributed by atoms with E-state index in [-0.39, 0.29) is 0 Å². The molecule has 4 aliphatic rings. The summed E-state index contributed by atoms with van der Waals surface area (Å²) in [6.07, 6.45) is 4.21. The van der Waals surface area contributed by atoms with E-state index in [1.807, 2.05) is 0 Å². The van der Waals surface area contributed by atoms with Crippen molar-refractivity contribution in [2.24, 2.45) is 17.3 Å². The Hall–Kier alpha value is -0.900. The van der Waals surface area contributed by atoms with Crippen LogP contribution in [0.15, 0.2) is 30.3 Å². The highest BCUT2D eigenvalue weighted by Crippen LogP contribution is 2.48. The second kappa shape index (κ2) is 5.58. The molecule has 3 unspecified atom stereocenters. The Kier molecular flexibility index (Phi) is 3.50. The van der Waals surface area contributed by atoms with Crippen molar-refractivity contribution in [1.82, 2.24) is 15.5 Å². The number of hydrogen-bond donors (Lipinski definition) is 2. The van der Waals surface area contributed by atoms with Gasteiger partial charge in [-0.1, -0.05) is 30.3 Å². The number of likely N-dealkylation sites (tertiary alicyclic amines) is 1. The van der Waals surface area contributed by atoms with Gasteiger partial charge in [-0.3, -0.25) is 0 Å². The van der Waals surface area contributed by atoms with Crippen molar-refractivity contribution in [2.45, 2.75) is 31.2 Å². The maximum Gasteiger partial charge on any atom is 0.0143 e. The fraction of sp³-hybridized carbons (Fsp3) is 0.700. The highest BCUT2D eigenvalue weighted by Gasteiger charge is 2.48. The van der Waals surface area contributed by atoms with E-state index < -0.39 is 0 Å². The van der Waals surface area contributed by atoms with Gasteiger partial charge in [-0.05, 0) is 55.2 Å². The molecule has 4 atom stereocenters. The van der Waals surface area contributed by atoms with Crippen LogP contribution in [0.2, 0.25) is 0 Å². The summed E-state index contributed by atoms with van der Waals surface area (Å²) in [7, 11) is 0. The molecule has 2 saturated carbocycles. The van der Waals surface area contributed by atoms with Crippen molar-refractivity contribution in [1.29, 1.82) is 0 Å². The summed E-state index contributed by atoms with van der Waals surface area (Å²) in [4.78, 5) is 2.77. The largest absolute Gasteiger partial charge is 0.316 e. The quantitative estimate of drug-likeness (QED) is 0.842. The van der Waals surface area contributed by atoms with E-state index in [9.17, 15) is 0 Å². The Labute approximate surface area is 139 Å². The first-order valence-electron chi connectivity index (χ1n) is 9.53. The van der Waals surface area contributed by atoms with Crippen molar-refractivity contribution in [2.75, 3.05) is 39.3 Å². The maximum absolute atomic E-state index is 3.89. The summed E-state index contributed by atoms with van der Waals surface area (Å²) < 4.78 is 0. The molecule has 4 fully saturated rings. The van der Waals surface area contributed by atoms with Crippen molar-refractivity contribution in [3.8, 4) is 0 Å². The summed E-state index contributed by atoms with van der Waals surface area (Å²) in [5.74, 6) is 2.64. The lowest BCUT2D eigenvalue weighted by Crippen LogP contribution is -2.37. The van der Waals surface area contributed by atoms with E-state index in [0.717, 1.165) is 23.8 Å². The minimum atomic E-state index is 0.607. The predicted octanol–water partition coefficient (Wildman–Crippen LogP) is 2.06. The summed E-state index contributed by atoms with van der Waals surface area (Å²) >= 11 is 0. The van der Waals surface area contributed by atoms with Crippen LogP contribution < -0.4 is 10.6 Å². The highest BCUT2D eigenvalue weighted by atomic mass is 15.2. The molecule has 2 heterocycles. The Morgan fingerprint density at radius 1 is 1.09 bits per heavy atom. The first kappa shape index (κ1) is 14.4. The van der Waals surface area contributed by atoms with Crippen molar-refractivity contribution >= 4 is 0 Å². The average molecular weight is 311 g/mol. The lowest BCUT2D eigenvalue weighted by atomic mass is 10.0. The normalized spacial score (nSPS) is 37.7. The van der Waals surface area contributed by atoms with Crippen LogP contribution in [0.25, 0.3) is 0 Å². The van der Waals surface area contributed by atoms with E-state index >= 15 is 0 Å². The average Bonchev–Trinajstić information content (AvgIpc) is 3.42. The lowest BCUT2D eigenvalue weighted by Gasteiger charge is -2.24. The Morgan fingerprint density at radius 2 is 1.83 bits per heavy atom. The Balaban J connectivity index is 1.11. The van der Waals surface area contributed by atoms with Gasteiger partial charge in [-0.25, -0.2) is 0 Å². The standard InChI is InChI=1S/C20H29N3/c1-2-4-15(5-3-1)18-8-19(18)22-13-20(6-7-20)14-23-11-16-9-21-10-17(16)12-23/h1-5,16-19,21-22H,6-14H2/t16?,17?,18?,19-/m0/s1. The molecule has 23 heavy (non-hydrogen) atoms. The highest BCUT2D eigenvalue weighted by molar-refractivity contribution is 5.27. The van der Waals surface area contributed by atoms with Gasteiger partial charge in [0.2, 0.25) is 0 Å². The van der Waals surface area contributed by atoms with Crippen LogP contribution in [-0.2, 0) is 0 Å². The number of fused-ring (bicyclic) bond motifs is 1. The molecule has 0 radical (unpaired) electrons. The minimum absolute atomic E-state index is 0.607. The number of nitrogens with one attached hydrogen (secondary N) is 2. The zero-order valence-corrected chi connectivity index (χ0v) is 14.0. The lowest BCUT2D eigenvalue weighted by molar-refractivity contribution is 0.242. The van der Waals surface area contributed by atoms with Crippen LogP contribution >= 0.6 is 0 Å². The summed E-state index contributed by atoms with van der Waals surface area (Å²) in [5, 5.41) is 7.45. The molecule has 0 aromatic heterocycles. The third kappa shape index (κ3) is 2.95. The van der Waals surface area contributed by atoms with E-state index in [4.69, 9.17) is 0 Å². The van der Waals surface area contributed by atoms with Gasteiger partial charge in [-0.15, -0.1) is 0 Å². The van der Waals surface area contributed by atoms with E-state index in [0.29, 0.717) is 5.41 Å². The van der Waals surface area contributed by atoms with Gasteiger partial charge in [0.05, 0.1) is 0 Å². The third-order valence-corrected chi connectivity index (χ3v) is 6.74. The maximum atomic E-state index is 3.89. The number of nitrogens with zero attached hydrogens (tertiary/aromatic N) is 1. The molecule has 3 heteroatoms. The molecule has 124 valence electrons. The number of hydrogen-bond acceptors (Lipinski definition) is 3. The molecule has 0 spiro atoms. The van der Waals surface area contributed by atoms with Gasteiger partial charge >= 0.3 is 0 Å². The monoisotopic (exact) mass is 311 g/mol. The molecule has 2 aliphatic carbocycles. The van der Waals surface area contributed by atoms with E-state index in [1.165, 1.54) is 64.1 Å². The van der Waals surface area contributed by atoms with Gasteiger partial charge in [-0.2, -0.15) is 0 Å². The van der Waals surface area contributed by atoms with Gasteiger partial charge < -0.3 is 15.5 Å². The van der Waals surface area contributed by atoms with E-state index in [2.05, 4.69) is 45.9 Å². The molecule has 2 aliphatic heterocycles. The zero-order valence-electron chi connectivity index (χ0n) is 14.0. The van der Waals surface area contributed by atoms with Crippen LogP contribution in [-0.4, -0.2) is 50.2 Å².